The van der Waals surface area contributed by atoms with Gasteiger partial charge < -0.3 is 9.73 Å². The van der Waals surface area contributed by atoms with Gasteiger partial charge in [-0.05, 0) is 24.3 Å². The predicted octanol–water partition coefficient (Wildman–Crippen LogP) is 3.61. The molecule has 0 atom stereocenters. The Morgan fingerprint density at radius 3 is 2.62 bits per heavy atom. The third-order valence-electron chi connectivity index (χ3n) is 3.29. The van der Waals surface area contributed by atoms with Gasteiger partial charge in [-0.15, -0.1) is 0 Å². The van der Waals surface area contributed by atoms with Crippen molar-refractivity contribution in [3.8, 4) is 0 Å². The van der Waals surface area contributed by atoms with Gasteiger partial charge in [0.25, 0.3) is 11.6 Å². The number of nitrogens with zero attached hydrogens (tertiary/aromatic N) is 1. The van der Waals surface area contributed by atoms with Crippen LogP contribution in [0, 0.1) is 10.1 Å². The number of benzene rings is 2. The SMILES string of the molecule is O=C(Nc1ccccc1Cl)c1cc2cc([N+](=O)[O-])ccc2oc1=O. The zero-order chi connectivity index (χ0) is 17.3. The second kappa shape index (κ2) is 6.13. The van der Waals surface area contributed by atoms with E-state index in [9.17, 15) is 19.7 Å². The Labute approximate surface area is 139 Å². The van der Waals surface area contributed by atoms with Crippen molar-refractivity contribution in [2.45, 2.75) is 0 Å². The summed E-state index contributed by atoms with van der Waals surface area (Å²) in [6, 6.07) is 11.5. The van der Waals surface area contributed by atoms with E-state index >= 15 is 0 Å². The fourth-order valence-electron chi connectivity index (χ4n) is 2.13. The molecule has 0 radical (unpaired) electrons. The van der Waals surface area contributed by atoms with E-state index in [-0.39, 0.29) is 22.2 Å². The lowest BCUT2D eigenvalue weighted by Crippen LogP contribution is -2.20. The summed E-state index contributed by atoms with van der Waals surface area (Å²) < 4.78 is 5.04. The highest BCUT2D eigenvalue weighted by Gasteiger charge is 2.16. The van der Waals surface area contributed by atoms with E-state index in [1.54, 1.807) is 24.3 Å². The number of nitro benzene ring substituents is 1. The molecule has 0 saturated heterocycles. The first kappa shape index (κ1) is 15.7. The van der Waals surface area contributed by atoms with Crippen LogP contribution in [-0.4, -0.2) is 10.8 Å². The molecule has 0 bridgehead atoms. The molecule has 0 aliphatic heterocycles. The number of nitro groups is 1. The van der Waals surface area contributed by atoms with Crippen LogP contribution in [-0.2, 0) is 0 Å². The highest BCUT2D eigenvalue weighted by atomic mass is 35.5. The van der Waals surface area contributed by atoms with Gasteiger partial charge in [-0.1, -0.05) is 23.7 Å². The van der Waals surface area contributed by atoms with Gasteiger partial charge in [-0.2, -0.15) is 0 Å². The van der Waals surface area contributed by atoms with Gasteiger partial charge in [0, 0.05) is 17.5 Å². The van der Waals surface area contributed by atoms with Crippen molar-refractivity contribution >= 4 is 39.9 Å². The van der Waals surface area contributed by atoms with E-state index < -0.39 is 16.5 Å². The summed E-state index contributed by atoms with van der Waals surface area (Å²) in [5.74, 6) is -0.717. The first-order valence-corrected chi connectivity index (χ1v) is 7.11. The highest BCUT2D eigenvalue weighted by Crippen LogP contribution is 2.23. The third kappa shape index (κ3) is 2.97. The molecule has 3 rings (SSSR count). The number of para-hydroxylation sites is 1. The Morgan fingerprint density at radius 2 is 1.92 bits per heavy atom. The minimum atomic E-state index is -0.846. The maximum Gasteiger partial charge on any atom is 0.349 e. The number of non-ortho nitro benzene ring substituents is 1. The second-order valence-corrected chi connectivity index (χ2v) is 5.27. The first-order chi connectivity index (χ1) is 11.5. The van der Waals surface area contributed by atoms with Gasteiger partial charge in [0.2, 0.25) is 0 Å². The van der Waals surface area contributed by atoms with Crippen LogP contribution in [0.1, 0.15) is 10.4 Å². The van der Waals surface area contributed by atoms with Gasteiger partial charge in [-0.25, -0.2) is 4.79 Å². The molecule has 1 aromatic heterocycles. The van der Waals surface area contributed by atoms with Crippen molar-refractivity contribution in [1.82, 2.24) is 0 Å². The Balaban J connectivity index is 2.03. The molecule has 7 nitrogen and oxygen atoms in total. The average molecular weight is 345 g/mol. The van der Waals surface area contributed by atoms with Crippen LogP contribution in [0.4, 0.5) is 11.4 Å². The number of amides is 1. The molecular weight excluding hydrogens is 336 g/mol. The number of carbonyl (C=O) groups excluding carboxylic acids is 1. The summed E-state index contributed by atoms with van der Waals surface area (Å²) in [5.41, 5.74) is -0.805. The quantitative estimate of drug-likeness (QED) is 0.444. The van der Waals surface area contributed by atoms with Crippen LogP contribution in [0.15, 0.2) is 57.7 Å². The van der Waals surface area contributed by atoms with Gasteiger partial charge >= 0.3 is 5.63 Å². The summed E-state index contributed by atoms with van der Waals surface area (Å²) in [4.78, 5) is 34.5. The second-order valence-electron chi connectivity index (χ2n) is 4.86. The maximum absolute atomic E-state index is 12.3. The van der Waals surface area contributed by atoms with Crippen LogP contribution < -0.4 is 10.9 Å². The summed E-state index contributed by atoms with van der Waals surface area (Å²) in [6.45, 7) is 0. The molecular formula is C16H9ClN2O5. The highest BCUT2D eigenvalue weighted by molar-refractivity contribution is 6.33. The first-order valence-electron chi connectivity index (χ1n) is 6.74. The van der Waals surface area contributed by atoms with E-state index in [1.165, 1.54) is 24.3 Å². The molecule has 0 aliphatic rings. The largest absolute Gasteiger partial charge is 0.422 e. The Hall–Kier alpha value is -3.19. The lowest BCUT2D eigenvalue weighted by Gasteiger charge is -2.06. The molecule has 0 fully saturated rings. The van der Waals surface area contributed by atoms with Crippen LogP contribution in [0.5, 0.6) is 0 Å². The summed E-state index contributed by atoms with van der Waals surface area (Å²) in [6.07, 6.45) is 0. The molecule has 2 aromatic carbocycles. The fraction of sp³-hybridized carbons (Fsp3) is 0. The Morgan fingerprint density at radius 1 is 1.17 bits per heavy atom. The van der Waals surface area contributed by atoms with E-state index in [4.69, 9.17) is 16.0 Å². The van der Waals surface area contributed by atoms with E-state index in [0.29, 0.717) is 10.7 Å². The van der Waals surface area contributed by atoms with Gasteiger partial charge in [0.05, 0.1) is 15.6 Å². The van der Waals surface area contributed by atoms with Crippen LogP contribution in [0.25, 0.3) is 11.0 Å². The van der Waals surface area contributed by atoms with Crippen molar-refractivity contribution in [3.63, 3.8) is 0 Å². The number of fused-ring (bicyclic) bond motifs is 1. The lowest BCUT2D eigenvalue weighted by atomic mass is 10.1. The number of anilines is 1. The van der Waals surface area contributed by atoms with Crippen molar-refractivity contribution in [2.24, 2.45) is 0 Å². The number of hydrogen-bond acceptors (Lipinski definition) is 5. The molecule has 120 valence electrons. The molecule has 0 unspecified atom stereocenters. The molecule has 1 amide bonds. The van der Waals surface area contributed by atoms with Crippen molar-refractivity contribution < 1.29 is 14.1 Å². The summed E-state index contributed by atoms with van der Waals surface area (Å²) in [7, 11) is 0. The monoisotopic (exact) mass is 344 g/mol. The molecule has 24 heavy (non-hydrogen) atoms. The zero-order valence-electron chi connectivity index (χ0n) is 12.0. The van der Waals surface area contributed by atoms with E-state index in [0.717, 1.165) is 0 Å². The number of nitrogens with one attached hydrogen (secondary N) is 1. The standard InChI is InChI=1S/C16H9ClN2O5/c17-12-3-1-2-4-13(12)18-15(20)11-8-9-7-10(19(22)23)5-6-14(9)24-16(11)21/h1-8H,(H,18,20). The smallest absolute Gasteiger partial charge is 0.349 e. The maximum atomic E-state index is 12.3. The minimum Gasteiger partial charge on any atom is -0.422 e. The predicted molar refractivity (Wildman–Crippen MR) is 88.5 cm³/mol. The molecule has 1 heterocycles. The zero-order valence-corrected chi connectivity index (χ0v) is 12.7. The van der Waals surface area contributed by atoms with Crippen LogP contribution in [0.2, 0.25) is 5.02 Å². The van der Waals surface area contributed by atoms with Gasteiger partial charge in [-0.3, -0.25) is 14.9 Å². The Bertz CT molecular complexity index is 1030. The number of carbonyl (C=O) groups is 1. The molecule has 0 spiro atoms. The topological polar surface area (TPSA) is 102 Å². The van der Waals surface area contributed by atoms with Crippen molar-refractivity contribution in [1.29, 1.82) is 0 Å². The normalized spacial score (nSPS) is 10.5. The fourth-order valence-corrected chi connectivity index (χ4v) is 2.32. The molecule has 8 heteroatoms. The lowest BCUT2D eigenvalue weighted by molar-refractivity contribution is -0.384. The minimum absolute atomic E-state index is 0.153. The molecule has 1 N–H and O–H groups in total. The molecule has 0 aliphatic carbocycles. The summed E-state index contributed by atoms with van der Waals surface area (Å²) >= 11 is 5.95. The van der Waals surface area contributed by atoms with Crippen molar-refractivity contribution in [3.05, 3.63) is 79.7 Å². The van der Waals surface area contributed by atoms with Gasteiger partial charge in [0.15, 0.2) is 0 Å². The number of halogens is 1. The molecule has 0 saturated carbocycles. The van der Waals surface area contributed by atoms with E-state index in [1.807, 2.05) is 0 Å². The third-order valence-corrected chi connectivity index (χ3v) is 3.62. The van der Waals surface area contributed by atoms with Crippen LogP contribution >= 0.6 is 11.6 Å². The van der Waals surface area contributed by atoms with Crippen LogP contribution in [0.3, 0.4) is 0 Å². The number of hydrogen-bond donors (Lipinski definition) is 1. The Kier molecular flexibility index (Phi) is 4.01. The average Bonchev–Trinajstić information content (AvgIpc) is 2.55. The summed E-state index contributed by atoms with van der Waals surface area (Å²) in [5, 5.41) is 13.9. The van der Waals surface area contributed by atoms with E-state index in [2.05, 4.69) is 5.32 Å². The number of rotatable bonds is 3. The van der Waals surface area contributed by atoms with Gasteiger partial charge in [0.1, 0.15) is 11.1 Å². The molecule has 3 aromatic rings. The van der Waals surface area contributed by atoms with Crippen molar-refractivity contribution in [2.75, 3.05) is 5.32 Å².